The highest BCUT2D eigenvalue weighted by Crippen LogP contribution is 2.52. The number of nitrogens with one attached hydrogen (secondary N) is 1. The average Bonchev–Trinajstić information content (AvgIpc) is 3.24. The molecule has 1 N–H and O–H groups in total. The van der Waals surface area contributed by atoms with E-state index in [-0.39, 0.29) is 11.6 Å². The lowest BCUT2D eigenvalue weighted by Gasteiger charge is -2.38. The lowest BCUT2D eigenvalue weighted by atomic mass is 9.76. The number of carboxylic acids is 1. The van der Waals surface area contributed by atoms with E-state index in [1.54, 1.807) is 12.1 Å². The normalized spacial score (nSPS) is 22.2. The van der Waals surface area contributed by atoms with Gasteiger partial charge in [0, 0.05) is 17.2 Å². The highest BCUT2D eigenvalue weighted by atomic mass is 16.4. The highest BCUT2D eigenvalue weighted by Gasteiger charge is 2.38. The summed E-state index contributed by atoms with van der Waals surface area (Å²) in [6, 6.07) is 24.2. The summed E-state index contributed by atoms with van der Waals surface area (Å²) < 4.78 is 0. The van der Waals surface area contributed by atoms with Gasteiger partial charge in [0.2, 0.25) is 0 Å². The van der Waals surface area contributed by atoms with Crippen LogP contribution in [0.25, 0.3) is 11.1 Å². The van der Waals surface area contributed by atoms with E-state index in [0.717, 1.165) is 12.0 Å². The van der Waals surface area contributed by atoms with Crippen molar-refractivity contribution in [3.8, 4) is 11.1 Å². The zero-order chi connectivity index (χ0) is 19.1. The van der Waals surface area contributed by atoms with Gasteiger partial charge in [-0.3, -0.25) is 0 Å². The molecule has 0 unspecified atom stereocenters. The number of fused-ring (bicyclic) bond motifs is 3. The maximum Gasteiger partial charge on any atom is 0.0715 e. The molecule has 138 valence electrons. The van der Waals surface area contributed by atoms with E-state index in [1.807, 2.05) is 18.2 Å². The van der Waals surface area contributed by atoms with E-state index < -0.39 is 5.97 Å². The molecule has 3 aromatic rings. The van der Waals surface area contributed by atoms with Gasteiger partial charge < -0.3 is 15.2 Å². The first-order valence-electron chi connectivity index (χ1n) is 9.65. The van der Waals surface area contributed by atoms with Crippen molar-refractivity contribution in [1.29, 1.82) is 0 Å². The fourth-order valence-corrected chi connectivity index (χ4v) is 4.64. The molecule has 0 fully saturated rings. The molecule has 0 radical (unpaired) electrons. The smallest absolute Gasteiger partial charge is 0.0715 e. The van der Waals surface area contributed by atoms with Crippen LogP contribution < -0.4 is 10.4 Å². The summed E-state index contributed by atoms with van der Waals surface area (Å²) in [6.45, 7) is 0. The van der Waals surface area contributed by atoms with Crippen molar-refractivity contribution >= 4 is 11.7 Å². The Morgan fingerprint density at radius 3 is 2.46 bits per heavy atom. The summed E-state index contributed by atoms with van der Waals surface area (Å²) >= 11 is 0. The van der Waals surface area contributed by atoms with Crippen LogP contribution in [0.5, 0.6) is 0 Å². The third-order valence-corrected chi connectivity index (χ3v) is 5.99. The third-order valence-electron chi connectivity index (χ3n) is 5.99. The van der Waals surface area contributed by atoms with E-state index in [1.165, 1.54) is 22.4 Å². The van der Waals surface area contributed by atoms with Crippen LogP contribution in [0.15, 0.2) is 84.9 Å². The van der Waals surface area contributed by atoms with E-state index in [9.17, 15) is 9.90 Å². The van der Waals surface area contributed by atoms with E-state index >= 15 is 0 Å². The summed E-state index contributed by atoms with van der Waals surface area (Å²) in [4.78, 5) is 11.1. The number of rotatable bonds is 3. The van der Waals surface area contributed by atoms with Crippen molar-refractivity contribution in [1.82, 2.24) is 0 Å². The summed E-state index contributed by atoms with van der Waals surface area (Å²) in [7, 11) is 0. The zero-order valence-electron chi connectivity index (χ0n) is 15.3. The predicted molar refractivity (Wildman–Crippen MR) is 109 cm³/mol. The standard InChI is InChI=1S/C25H21NO2/c27-25(28)18-14-12-17(13-15-18)23-21-10-5-9-20(21)22-11-4-8-19(24(22)26-23)16-6-2-1-3-7-16/h1-9,11-15,20-21,23,26H,10H2,(H,27,28)/p-1/t20-,21-,23-/m1/s1. The lowest BCUT2D eigenvalue weighted by Crippen LogP contribution is -2.29. The Balaban J connectivity index is 1.60. The second-order valence-electron chi connectivity index (χ2n) is 7.52. The van der Waals surface area contributed by atoms with Gasteiger partial charge in [-0.1, -0.05) is 84.9 Å². The van der Waals surface area contributed by atoms with Crippen LogP contribution in [0.1, 0.15) is 39.9 Å². The molecule has 0 aromatic heterocycles. The minimum absolute atomic E-state index is 0.133. The number of hydrogen-bond acceptors (Lipinski definition) is 3. The summed E-state index contributed by atoms with van der Waals surface area (Å²) in [6.07, 6.45) is 5.60. The molecule has 3 atom stereocenters. The van der Waals surface area contributed by atoms with Crippen LogP contribution in [-0.4, -0.2) is 5.97 Å². The van der Waals surface area contributed by atoms with Gasteiger partial charge in [-0.15, -0.1) is 0 Å². The molecule has 0 spiro atoms. The molecular weight excluding hydrogens is 346 g/mol. The molecule has 3 aromatic carbocycles. The van der Waals surface area contributed by atoms with Crippen molar-refractivity contribution in [2.45, 2.75) is 18.4 Å². The molecular formula is C25H20NO2-. The van der Waals surface area contributed by atoms with Crippen LogP contribution >= 0.6 is 0 Å². The summed E-state index contributed by atoms with van der Waals surface area (Å²) in [5.74, 6) is -0.349. The molecule has 0 bridgehead atoms. The van der Waals surface area contributed by atoms with Crippen molar-refractivity contribution < 1.29 is 9.90 Å². The van der Waals surface area contributed by atoms with Gasteiger partial charge in [0.25, 0.3) is 0 Å². The Kier molecular flexibility index (Phi) is 4.01. The zero-order valence-corrected chi connectivity index (χ0v) is 15.3. The number of carbonyl (C=O) groups is 1. The molecule has 3 nitrogen and oxygen atoms in total. The van der Waals surface area contributed by atoms with Gasteiger partial charge in [0.15, 0.2) is 0 Å². The Bertz CT molecular complexity index is 1050. The number of para-hydroxylation sites is 1. The van der Waals surface area contributed by atoms with Crippen LogP contribution in [0, 0.1) is 5.92 Å². The minimum Gasteiger partial charge on any atom is -0.545 e. The Morgan fingerprint density at radius 1 is 0.929 bits per heavy atom. The monoisotopic (exact) mass is 366 g/mol. The van der Waals surface area contributed by atoms with Crippen LogP contribution in [0.4, 0.5) is 5.69 Å². The lowest BCUT2D eigenvalue weighted by molar-refractivity contribution is -0.255. The molecule has 28 heavy (non-hydrogen) atoms. The molecule has 1 aliphatic heterocycles. The number of carbonyl (C=O) groups excluding carboxylic acids is 1. The molecule has 0 saturated heterocycles. The molecule has 0 saturated carbocycles. The Morgan fingerprint density at radius 2 is 1.71 bits per heavy atom. The predicted octanol–water partition coefficient (Wildman–Crippen LogP) is 4.54. The number of hydrogen-bond donors (Lipinski definition) is 1. The fourth-order valence-electron chi connectivity index (χ4n) is 4.64. The van der Waals surface area contributed by atoms with E-state index in [4.69, 9.17) is 0 Å². The first-order valence-corrected chi connectivity index (χ1v) is 9.65. The summed E-state index contributed by atoms with van der Waals surface area (Å²) in [5.41, 5.74) is 6.23. The first kappa shape index (κ1) is 16.8. The molecule has 0 amide bonds. The number of carboxylic acid groups (broad SMARTS) is 1. The second kappa shape index (κ2) is 6.68. The van der Waals surface area contributed by atoms with Crippen LogP contribution in [0.3, 0.4) is 0 Å². The molecule has 1 heterocycles. The number of allylic oxidation sites excluding steroid dienone is 2. The fraction of sp³-hybridized carbons (Fsp3) is 0.160. The number of aromatic carboxylic acids is 1. The van der Waals surface area contributed by atoms with Gasteiger partial charge in [0.1, 0.15) is 0 Å². The Labute approximate surface area is 164 Å². The maximum atomic E-state index is 11.1. The number of benzene rings is 3. The van der Waals surface area contributed by atoms with Crippen LogP contribution in [0.2, 0.25) is 0 Å². The maximum absolute atomic E-state index is 11.1. The quantitative estimate of drug-likeness (QED) is 0.692. The largest absolute Gasteiger partial charge is 0.545 e. The van der Waals surface area contributed by atoms with E-state index in [0.29, 0.717) is 11.8 Å². The van der Waals surface area contributed by atoms with Gasteiger partial charge in [-0.25, -0.2) is 0 Å². The van der Waals surface area contributed by atoms with Crippen LogP contribution in [-0.2, 0) is 0 Å². The molecule has 5 rings (SSSR count). The van der Waals surface area contributed by atoms with Gasteiger partial charge >= 0.3 is 0 Å². The van der Waals surface area contributed by atoms with Crippen molar-refractivity contribution in [2.24, 2.45) is 5.92 Å². The Hall–Kier alpha value is -3.33. The van der Waals surface area contributed by atoms with Gasteiger partial charge in [-0.05, 0) is 34.6 Å². The number of anilines is 1. The van der Waals surface area contributed by atoms with Gasteiger partial charge in [0.05, 0.1) is 12.0 Å². The second-order valence-corrected chi connectivity index (χ2v) is 7.52. The molecule has 1 aliphatic carbocycles. The van der Waals surface area contributed by atoms with Crippen molar-refractivity contribution in [2.75, 3.05) is 5.32 Å². The van der Waals surface area contributed by atoms with Crippen molar-refractivity contribution in [3.63, 3.8) is 0 Å². The SMILES string of the molecule is O=C([O-])c1ccc([C@H]2Nc3c(-c4ccccc4)cccc3[C@@H]3C=CC[C@@H]23)cc1. The first-order chi connectivity index (χ1) is 13.7. The summed E-state index contributed by atoms with van der Waals surface area (Å²) in [5, 5.41) is 14.9. The van der Waals surface area contributed by atoms with E-state index in [2.05, 4.69) is 59.9 Å². The topological polar surface area (TPSA) is 52.2 Å². The minimum atomic E-state index is -1.14. The third kappa shape index (κ3) is 2.71. The van der Waals surface area contributed by atoms with Crippen molar-refractivity contribution in [3.05, 3.63) is 102 Å². The average molecular weight is 366 g/mol. The molecule has 3 heteroatoms. The van der Waals surface area contributed by atoms with Gasteiger partial charge in [-0.2, -0.15) is 0 Å². The highest BCUT2D eigenvalue weighted by molar-refractivity contribution is 5.86. The molecule has 2 aliphatic rings.